The molecule has 3 nitrogen and oxygen atoms in total. The van der Waals surface area contributed by atoms with Crippen molar-refractivity contribution < 1.29 is 4.79 Å². The first kappa shape index (κ1) is 14.1. The SMILES string of the molecule is CCC1(C(=O)Nc2cc(C)cc(C)c2)CCNCC1. The lowest BCUT2D eigenvalue weighted by Gasteiger charge is -2.35. The number of anilines is 1. The van der Waals surface area contributed by atoms with Gasteiger partial charge in [-0.25, -0.2) is 0 Å². The monoisotopic (exact) mass is 260 g/mol. The maximum Gasteiger partial charge on any atom is 0.230 e. The van der Waals surface area contributed by atoms with Crippen molar-refractivity contribution in [3.05, 3.63) is 29.3 Å². The Morgan fingerprint density at radius 3 is 2.32 bits per heavy atom. The first-order valence-electron chi connectivity index (χ1n) is 7.16. The molecule has 1 amide bonds. The van der Waals surface area contributed by atoms with Gasteiger partial charge in [0.05, 0.1) is 5.41 Å². The number of carbonyl (C=O) groups is 1. The lowest BCUT2D eigenvalue weighted by Crippen LogP contribution is -2.44. The van der Waals surface area contributed by atoms with E-state index < -0.39 is 0 Å². The summed E-state index contributed by atoms with van der Waals surface area (Å²) in [6.07, 6.45) is 2.77. The summed E-state index contributed by atoms with van der Waals surface area (Å²) < 4.78 is 0. The molecule has 3 heteroatoms. The molecule has 1 fully saturated rings. The second kappa shape index (κ2) is 5.74. The largest absolute Gasteiger partial charge is 0.326 e. The van der Waals surface area contributed by atoms with E-state index in [1.165, 1.54) is 11.1 Å². The van der Waals surface area contributed by atoms with E-state index in [1.54, 1.807) is 0 Å². The van der Waals surface area contributed by atoms with Gasteiger partial charge in [0.1, 0.15) is 0 Å². The molecule has 2 rings (SSSR count). The minimum atomic E-state index is -0.192. The van der Waals surface area contributed by atoms with Gasteiger partial charge in [0.2, 0.25) is 5.91 Å². The molecule has 1 aliphatic heterocycles. The Balaban J connectivity index is 2.14. The topological polar surface area (TPSA) is 41.1 Å². The second-order valence-corrected chi connectivity index (χ2v) is 5.71. The number of hydrogen-bond acceptors (Lipinski definition) is 2. The Bertz CT molecular complexity index is 442. The third kappa shape index (κ3) is 3.16. The summed E-state index contributed by atoms with van der Waals surface area (Å²) in [5.41, 5.74) is 3.11. The van der Waals surface area contributed by atoms with Gasteiger partial charge in [0.15, 0.2) is 0 Å². The summed E-state index contributed by atoms with van der Waals surface area (Å²) in [6.45, 7) is 8.11. The standard InChI is InChI=1S/C16H24N2O/c1-4-16(5-7-17-8-6-16)15(19)18-14-10-12(2)9-13(3)11-14/h9-11,17H,4-8H2,1-3H3,(H,18,19). The van der Waals surface area contributed by atoms with Gasteiger partial charge in [-0.05, 0) is 69.5 Å². The van der Waals surface area contributed by atoms with Crippen LogP contribution in [0.5, 0.6) is 0 Å². The highest BCUT2D eigenvalue weighted by Crippen LogP contribution is 2.34. The number of nitrogens with one attached hydrogen (secondary N) is 2. The van der Waals surface area contributed by atoms with Crippen molar-refractivity contribution >= 4 is 11.6 Å². The Labute approximate surface area is 115 Å². The molecule has 2 N–H and O–H groups in total. The maximum atomic E-state index is 12.6. The molecule has 0 bridgehead atoms. The molecule has 1 aromatic carbocycles. The molecule has 19 heavy (non-hydrogen) atoms. The molecule has 0 radical (unpaired) electrons. The smallest absolute Gasteiger partial charge is 0.230 e. The highest BCUT2D eigenvalue weighted by atomic mass is 16.2. The third-order valence-electron chi connectivity index (χ3n) is 4.20. The molecule has 0 atom stereocenters. The minimum Gasteiger partial charge on any atom is -0.326 e. The molecule has 104 valence electrons. The average Bonchev–Trinajstić information content (AvgIpc) is 2.38. The second-order valence-electron chi connectivity index (χ2n) is 5.71. The Kier molecular flexibility index (Phi) is 4.25. The molecule has 0 aliphatic carbocycles. The van der Waals surface area contributed by atoms with Crippen molar-refractivity contribution in [2.45, 2.75) is 40.0 Å². The summed E-state index contributed by atoms with van der Waals surface area (Å²) in [4.78, 5) is 12.6. The van der Waals surface area contributed by atoms with E-state index in [0.717, 1.165) is 38.0 Å². The molecule has 1 saturated heterocycles. The molecule has 1 heterocycles. The first-order valence-corrected chi connectivity index (χ1v) is 7.16. The van der Waals surface area contributed by atoms with Crippen LogP contribution >= 0.6 is 0 Å². The minimum absolute atomic E-state index is 0.182. The summed E-state index contributed by atoms with van der Waals surface area (Å²) >= 11 is 0. The normalized spacial score (nSPS) is 18.1. The van der Waals surface area contributed by atoms with Gasteiger partial charge < -0.3 is 10.6 Å². The van der Waals surface area contributed by atoms with Gasteiger partial charge in [0.25, 0.3) is 0 Å². The van der Waals surface area contributed by atoms with E-state index in [0.29, 0.717) is 0 Å². The predicted octanol–water partition coefficient (Wildman–Crippen LogP) is 3.02. The van der Waals surface area contributed by atoms with Crippen LogP contribution in [0.1, 0.15) is 37.3 Å². The molecule has 1 aromatic rings. The van der Waals surface area contributed by atoms with Gasteiger partial charge in [-0.1, -0.05) is 13.0 Å². The molecule has 0 spiro atoms. The van der Waals surface area contributed by atoms with Crippen molar-refractivity contribution in [2.24, 2.45) is 5.41 Å². The number of hydrogen-bond donors (Lipinski definition) is 2. The lowest BCUT2D eigenvalue weighted by molar-refractivity contribution is -0.127. The molecular formula is C16H24N2O. The van der Waals surface area contributed by atoms with Crippen molar-refractivity contribution in [3.8, 4) is 0 Å². The maximum absolute atomic E-state index is 12.6. The van der Waals surface area contributed by atoms with Crippen LogP contribution in [0, 0.1) is 19.3 Å². The van der Waals surface area contributed by atoms with E-state index in [9.17, 15) is 4.79 Å². The van der Waals surface area contributed by atoms with Crippen LogP contribution in [0.4, 0.5) is 5.69 Å². The van der Waals surface area contributed by atoms with Crippen LogP contribution < -0.4 is 10.6 Å². The first-order chi connectivity index (χ1) is 9.05. The van der Waals surface area contributed by atoms with E-state index in [1.807, 2.05) is 12.1 Å². The van der Waals surface area contributed by atoms with Crippen LogP contribution in [-0.2, 0) is 4.79 Å². The Morgan fingerprint density at radius 1 is 1.21 bits per heavy atom. The number of amides is 1. The predicted molar refractivity (Wildman–Crippen MR) is 79.4 cm³/mol. The van der Waals surface area contributed by atoms with E-state index >= 15 is 0 Å². The number of aryl methyl sites for hydroxylation is 2. The zero-order chi connectivity index (χ0) is 13.9. The fourth-order valence-electron chi connectivity index (χ4n) is 2.96. The van der Waals surface area contributed by atoms with Gasteiger partial charge in [0, 0.05) is 5.69 Å². The van der Waals surface area contributed by atoms with Crippen LogP contribution in [-0.4, -0.2) is 19.0 Å². The highest BCUT2D eigenvalue weighted by Gasteiger charge is 2.37. The molecular weight excluding hydrogens is 236 g/mol. The van der Waals surface area contributed by atoms with E-state index in [2.05, 4.69) is 37.5 Å². The lowest BCUT2D eigenvalue weighted by atomic mass is 9.76. The molecule has 0 saturated carbocycles. The fraction of sp³-hybridized carbons (Fsp3) is 0.562. The molecule has 0 aromatic heterocycles. The van der Waals surface area contributed by atoms with Crippen LogP contribution in [0.15, 0.2) is 18.2 Å². The van der Waals surface area contributed by atoms with Gasteiger partial charge in [-0.2, -0.15) is 0 Å². The Hall–Kier alpha value is -1.35. The molecule has 1 aliphatic rings. The Morgan fingerprint density at radius 2 is 1.79 bits per heavy atom. The fourth-order valence-corrected chi connectivity index (χ4v) is 2.96. The van der Waals surface area contributed by atoms with Crippen LogP contribution in [0.25, 0.3) is 0 Å². The molecule has 0 unspecified atom stereocenters. The highest BCUT2D eigenvalue weighted by molar-refractivity contribution is 5.95. The average molecular weight is 260 g/mol. The summed E-state index contributed by atoms with van der Waals surface area (Å²) in [6, 6.07) is 6.19. The van der Waals surface area contributed by atoms with Crippen molar-refractivity contribution in [3.63, 3.8) is 0 Å². The third-order valence-corrected chi connectivity index (χ3v) is 4.20. The van der Waals surface area contributed by atoms with Crippen molar-refractivity contribution in [2.75, 3.05) is 18.4 Å². The number of piperidine rings is 1. The van der Waals surface area contributed by atoms with E-state index in [-0.39, 0.29) is 11.3 Å². The summed E-state index contributed by atoms with van der Waals surface area (Å²) in [5, 5.41) is 6.45. The number of carbonyl (C=O) groups excluding carboxylic acids is 1. The van der Waals surface area contributed by atoms with Gasteiger partial charge >= 0.3 is 0 Å². The zero-order valence-electron chi connectivity index (χ0n) is 12.2. The van der Waals surface area contributed by atoms with Gasteiger partial charge in [-0.3, -0.25) is 4.79 Å². The zero-order valence-corrected chi connectivity index (χ0v) is 12.2. The number of benzene rings is 1. The van der Waals surface area contributed by atoms with Crippen LogP contribution in [0.3, 0.4) is 0 Å². The van der Waals surface area contributed by atoms with Crippen molar-refractivity contribution in [1.29, 1.82) is 0 Å². The van der Waals surface area contributed by atoms with Crippen molar-refractivity contribution in [1.82, 2.24) is 5.32 Å². The van der Waals surface area contributed by atoms with E-state index in [4.69, 9.17) is 0 Å². The van der Waals surface area contributed by atoms with Gasteiger partial charge in [-0.15, -0.1) is 0 Å². The summed E-state index contributed by atoms with van der Waals surface area (Å²) in [7, 11) is 0. The van der Waals surface area contributed by atoms with Crippen LogP contribution in [0.2, 0.25) is 0 Å². The number of rotatable bonds is 3. The summed E-state index contributed by atoms with van der Waals surface area (Å²) in [5.74, 6) is 0.182. The quantitative estimate of drug-likeness (QED) is 0.877.